The molecule has 3 nitrogen and oxygen atoms in total. The van der Waals surface area contributed by atoms with Gasteiger partial charge in [-0.1, -0.05) is 0 Å². The molecule has 0 amide bonds. The van der Waals surface area contributed by atoms with Crippen molar-refractivity contribution < 1.29 is 9.15 Å². The lowest BCUT2D eigenvalue weighted by molar-refractivity contribution is 0.0928. The quantitative estimate of drug-likeness (QED) is 0.839. The number of hydrogen-bond acceptors (Lipinski definition) is 4. The topological polar surface area (TPSA) is 34.4 Å². The van der Waals surface area contributed by atoms with E-state index in [1.165, 1.54) is 28.2 Å². The van der Waals surface area contributed by atoms with E-state index in [0.29, 0.717) is 13.2 Å². The second-order valence-electron chi connectivity index (χ2n) is 5.02. The van der Waals surface area contributed by atoms with Gasteiger partial charge >= 0.3 is 0 Å². The molecule has 2 heterocycles. The molecule has 4 heteroatoms. The molecular weight excluding hydrogens is 258 g/mol. The van der Waals surface area contributed by atoms with Crippen LogP contribution < -0.4 is 5.32 Å². The zero-order chi connectivity index (χ0) is 13.1. The molecule has 0 aromatic carbocycles. The molecule has 1 fully saturated rings. The molecule has 1 N–H and O–H groups in total. The van der Waals surface area contributed by atoms with Crippen LogP contribution in [0.15, 0.2) is 28.9 Å². The fraction of sp³-hybridized carbons (Fsp3) is 0.467. The van der Waals surface area contributed by atoms with E-state index in [2.05, 4.69) is 18.3 Å². The standard InChI is InChI=1S/C15H19NO2S/c1-11-12(9-17-10-14-3-2-6-18-14)7-15(19-11)8-16-13-4-5-13/h2-3,6-7,13,16H,4-5,8-10H2,1H3. The van der Waals surface area contributed by atoms with Gasteiger partial charge in [-0.05, 0) is 43.5 Å². The number of rotatable bonds is 7. The van der Waals surface area contributed by atoms with Crippen LogP contribution in [-0.4, -0.2) is 6.04 Å². The van der Waals surface area contributed by atoms with Crippen molar-refractivity contribution >= 4 is 11.3 Å². The smallest absolute Gasteiger partial charge is 0.129 e. The zero-order valence-corrected chi connectivity index (χ0v) is 12.0. The lowest BCUT2D eigenvalue weighted by Gasteiger charge is -2.01. The fourth-order valence-electron chi connectivity index (χ4n) is 2.01. The minimum Gasteiger partial charge on any atom is -0.467 e. The molecule has 0 aliphatic heterocycles. The third kappa shape index (κ3) is 3.69. The van der Waals surface area contributed by atoms with Crippen molar-refractivity contribution in [2.75, 3.05) is 0 Å². The van der Waals surface area contributed by atoms with E-state index in [1.54, 1.807) is 6.26 Å². The Morgan fingerprint density at radius 2 is 2.32 bits per heavy atom. The van der Waals surface area contributed by atoms with Gasteiger partial charge in [0.25, 0.3) is 0 Å². The van der Waals surface area contributed by atoms with E-state index in [9.17, 15) is 0 Å². The Hall–Kier alpha value is -1.10. The summed E-state index contributed by atoms with van der Waals surface area (Å²) >= 11 is 1.87. The van der Waals surface area contributed by atoms with Gasteiger partial charge in [-0.25, -0.2) is 0 Å². The van der Waals surface area contributed by atoms with Crippen LogP contribution in [0.2, 0.25) is 0 Å². The second-order valence-corrected chi connectivity index (χ2v) is 6.36. The van der Waals surface area contributed by atoms with E-state index < -0.39 is 0 Å². The van der Waals surface area contributed by atoms with Crippen molar-refractivity contribution in [2.24, 2.45) is 0 Å². The third-order valence-electron chi connectivity index (χ3n) is 3.30. The van der Waals surface area contributed by atoms with Gasteiger partial charge < -0.3 is 14.5 Å². The van der Waals surface area contributed by atoms with Crippen molar-refractivity contribution in [3.63, 3.8) is 0 Å². The van der Waals surface area contributed by atoms with Gasteiger partial charge in [0.05, 0.1) is 12.9 Å². The number of nitrogens with one attached hydrogen (secondary N) is 1. The average Bonchev–Trinajstić information content (AvgIpc) is 2.96. The maximum Gasteiger partial charge on any atom is 0.129 e. The Labute approximate surface area is 117 Å². The number of thiophene rings is 1. The number of aryl methyl sites for hydroxylation is 1. The average molecular weight is 277 g/mol. The molecule has 2 aromatic heterocycles. The molecule has 0 saturated heterocycles. The lowest BCUT2D eigenvalue weighted by Crippen LogP contribution is -2.14. The van der Waals surface area contributed by atoms with Crippen molar-refractivity contribution in [2.45, 2.75) is 45.6 Å². The summed E-state index contributed by atoms with van der Waals surface area (Å²) in [4.78, 5) is 2.76. The summed E-state index contributed by atoms with van der Waals surface area (Å²) in [6, 6.07) is 6.85. The van der Waals surface area contributed by atoms with Gasteiger partial charge in [0, 0.05) is 22.3 Å². The van der Waals surface area contributed by atoms with Crippen molar-refractivity contribution in [3.05, 3.63) is 45.5 Å². The van der Waals surface area contributed by atoms with Crippen molar-refractivity contribution in [3.8, 4) is 0 Å². The molecule has 0 unspecified atom stereocenters. The molecule has 0 atom stereocenters. The highest BCUT2D eigenvalue weighted by Gasteiger charge is 2.20. The Kier molecular flexibility index (Phi) is 4.01. The first kappa shape index (κ1) is 12.9. The second kappa shape index (κ2) is 5.90. The number of ether oxygens (including phenoxy) is 1. The minimum atomic E-state index is 0.540. The molecule has 1 saturated carbocycles. The highest BCUT2D eigenvalue weighted by molar-refractivity contribution is 7.12. The largest absolute Gasteiger partial charge is 0.467 e. The molecule has 1 aliphatic carbocycles. The Morgan fingerprint density at radius 3 is 3.05 bits per heavy atom. The van der Waals surface area contributed by atoms with Crippen LogP contribution in [0.5, 0.6) is 0 Å². The summed E-state index contributed by atoms with van der Waals surface area (Å²) in [5, 5.41) is 3.55. The molecule has 2 aromatic rings. The summed E-state index contributed by atoms with van der Waals surface area (Å²) < 4.78 is 10.9. The Bertz CT molecular complexity index is 514. The SMILES string of the molecule is Cc1sc(CNC2CC2)cc1COCc1ccco1. The first-order chi connectivity index (χ1) is 9.31. The molecule has 1 aliphatic rings. The first-order valence-electron chi connectivity index (χ1n) is 6.73. The van der Waals surface area contributed by atoms with Crippen LogP contribution in [0, 0.1) is 6.92 Å². The third-order valence-corrected chi connectivity index (χ3v) is 4.39. The fourth-order valence-corrected chi connectivity index (χ4v) is 3.01. The summed E-state index contributed by atoms with van der Waals surface area (Å²) in [7, 11) is 0. The van der Waals surface area contributed by atoms with E-state index >= 15 is 0 Å². The summed E-state index contributed by atoms with van der Waals surface area (Å²) in [6.45, 7) is 4.36. The Balaban J connectivity index is 1.48. The van der Waals surface area contributed by atoms with Crippen LogP contribution >= 0.6 is 11.3 Å². The van der Waals surface area contributed by atoms with E-state index in [0.717, 1.165) is 18.3 Å². The van der Waals surface area contributed by atoms with Crippen LogP contribution in [0.3, 0.4) is 0 Å². The van der Waals surface area contributed by atoms with E-state index in [1.807, 2.05) is 23.5 Å². The monoisotopic (exact) mass is 277 g/mol. The zero-order valence-electron chi connectivity index (χ0n) is 11.1. The molecule has 0 spiro atoms. The van der Waals surface area contributed by atoms with E-state index in [-0.39, 0.29) is 0 Å². The summed E-state index contributed by atoms with van der Waals surface area (Å²) in [5.74, 6) is 0.878. The van der Waals surface area contributed by atoms with Crippen molar-refractivity contribution in [1.29, 1.82) is 0 Å². The van der Waals surface area contributed by atoms with Gasteiger partial charge in [-0.2, -0.15) is 0 Å². The predicted octanol–water partition coefficient (Wildman–Crippen LogP) is 3.62. The van der Waals surface area contributed by atoms with Gasteiger partial charge in [-0.3, -0.25) is 0 Å². The molecule has 3 rings (SSSR count). The summed E-state index contributed by atoms with van der Waals surface area (Å²) in [6.07, 6.45) is 4.35. The molecular formula is C15H19NO2S. The number of hydrogen-bond donors (Lipinski definition) is 1. The first-order valence-corrected chi connectivity index (χ1v) is 7.54. The lowest BCUT2D eigenvalue weighted by atomic mass is 10.2. The highest BCUT2D eigenvalue weighted by Crippen LogP contribution is 2.25. The Morgan fingerprint density at radius 1 is 1.42 bits per heavy atom. The normalized spacial score (nSPS) is 15.0. The molecule has 0 bridgehead atoms. The van der Waals surface area contributed by atoms with Crippen LogP contribution in [0.1, 0.15) is 33.9 Å². The minimum absolute atomic E-state index is 0.540. The molecule has 102 valence electrons. The van der Waals surface area contributed by atoms with Gasteiger partial charge in [-0.15, -0.1) is 11.3 Å². The van der Waals surface area contributed by atoms with Gasteiger partial charge in [0.1, 0.15) is 12.4 Å². The van der Waals surface area contributed by atoms with Crippen molar-refractivity contribution in [1.82, 2.24) is 5.32 Å². The van der Waals surface area contributed by atoms with Gasteiger partial charge in [0.15, 0.2) is 0 Å². The molecule has 0 radical (unpaired) electrons. The van der Waals surface area contributed by atoms with E-state index in [4.69, 9.17) is 9.15 Å². The summed E-state index contributed by atoms with van der Waals surface area (Å²) in [5.41, 5.74) is 1.30. The van der Waals surface area contributed by atoms with Crippen LogP contribution in [-0.2, 0) is 24.5 Å². The highest BCUT2D eigenvalue weighted by atomic mass is 32.1. The predicted molar refractivity (Wildman–Crippen MR) is 76.1 cm³/mol. The maximum absolute atomic E-state index is 5.69. The van der Waals surface area contributed by atoms with Crippen LogP contribution in [0.4, 0.5) is 0 Å². The van der Waals surface area contributed by atoms with Gasteiger partial charge in [0.2, 0.25) is 0 Å². The number of furan rings is 1. The van der Waals surface area contributed by atoms with Crippen LogP contribution in [0.25, 0.3) is 0 Å². The maximum atomic E-state index is 5.69. The molecule has 19 heavy (non-hydrogen) atoms.